The third kappa shape index (κ3) is 3.80. The fraction of sp³-hybridized carbons (Fsp3) is 0.481. The van der Waals surface area contributed by atoms with Crippen LogP contribution in [-0.2, 0) is 23.9 Å². The second-order valence-electron chi connectivity index (χ2n) is 9.62. The fourth-order valence-electron chi connectivity index (χ4n) is 5.63. The van der Waals surface area contributed by atoms with Gasteiger partial charge in [-0.3, -0.25) is 24.3 Å². The lowest BCUT2D eigenvalue weighted by Gasteiger charge is -2.39. The van der Waals surface area contributed by atoms with Gasteiger partial charge in [-0.25, -0.2) is 0 Å². The highest BCUT2D eigenvalue weighted by atomic mass is 32.2. The van der Waals surface area contributed by atoms with Gasteiger partial charge in [0, 0.05) is 37.2 Å². The summed E-state index contributed by atoms with van der Waals surface area (Å²) in [6.07, 6.45) is 2.49. The van der Waals surface area contributed by atoms with Gasteiger partial charge in [-0.2, -0.15) is 0 Å². The van der Waals surface area contributed by atoms with Crippen molar-refractivity contribution in [3.8, 4) is 5.75 Å². The van der Waals surface area contributed by atoms with Crippen LogP contribution in [0.1, 0.15) is 31.7 Å². The molecule has 8 nitrogen and oxygen atoms in total. The second-order valence-corrected chi connectivity index (χ2v) is 10.8. The molecule has 36 heavy (non-hydrogen) atoms. The average molecular weight is 510 g/mol. The number of fused-ring (bicyclic) bond motifs is 2. The molecule has 3 fully saturated rings. The molecule has 0 saturated carbocycles. The zero-order valence-electron chi connectivity index (χ0n) is 20.5. The van der Waals surface area contributed by atoms with Gasteiger partial charge in [0.2, 0.25) is 10.8 Å². The number of carbonyl (C=O) groups excluding carboxylic acids is 2. The van der Waals surface area contributed by atoms with Crippen molar-refractivity contribution in [1.29, 1.82) is 0 Å². The number of hydrogen-bond acceptors (Lipinski definition) is 7. The van der Waals surface area contributed by atoms with E-state index in [1.54, 1.807) is 4.90 Å². The number of para-hydroxylation sites is 1. The Morgan fingerprint density at radius 3 is 2.44 bits per heavy atom. The van der Waals surface area contributed by atoms with Crippen LogP contribution in [-0.4, -0.2) is 67.8 Å². The van der Waals surface area contributed by atoms with Crippen molar-refractivity contribution in [3.63, 3.8) is 0 Å². The molecule has 0 aliphatic carbocycles. The second kappa shape index (κ2) is 9.37. The van der Waals surface area contributed by atoms with Gasteiger partial charge in [0.05, 0.1) is 37.9 Å². The molecule has 4 aliphatic rings. The number of piperidine rings is 1. The van der Waals surface area contributed by atoms with E-state index in [-0.39, 0.29) is 17.6 Å². The number of likely N-dealkylation sites (tertiary alicyclic amines) is 1. The quantitative estimate of drug-likeness (QED) is 0.590. The maximum absolute atomic E-state index is 14.3. The number of nitrogens with zero attached hydrogens (tertiary/aromatic N) is 3. The number of anilines is 2. The molecule has 2 aromatic carbocycles. The van der Waals surface area contributed by atoms with Gasteiger partial charge >= 0.3 is 0 Å². The van der Waals surface area contributed by atoms with Crippen LogP contribution < -0.4 is 14.5 Å². The molecule has 190 valence electrons. The Hall–Kier alpha value is -2.59. The lowest BCUT2D eigenvalue weighted by atomic mass is 10.0. The van der Waals surface area contributed by atoms with Crippen molar-refractivity contribution < 1.29 is 23.8 Å². The summed E-state index contributed by atoms with van der Waals surface area (Å²) in [7, 11) is 0. The number of thioether (sulfide) groups is 1. The molecule has 1 atom stereocenters. The molecule has 9 heteroatoms. The van der Waals surface area contributed by atoms with Gasteiger partial charge in [-0.1, -0.05) is 25.1 Å². The average Bonchev–Trinajstić information content (AvgIpc) is 3.57. The molecule has 6 rings (SSSR count). The first-order valence-electron chi connectivity index (χ1n) is 12.7. The van der Waals surface area contributed by atoms with E-state index in [0.717, 1.165) is 49.4 Å². The molecule has 2 spiro atoms. The van der Waals surface area contributed by atoms with Crippen molar-refractivity contribution in [2.45, 2.75) is 36.8 Å². The van der Waals surface area contributed by atoms with E-state index in [1.165, 1.54) is 11.8 Å². The predicted molar refractivity (Wildman–Crippen MR) is 138 cm³/mol. The van der Waals surface area contributed by atoms with E-state index in [1.807, 2.05) is 53.4 Å². The lowest BCUT2D eigenvalue weighted by Crippen LogP contribution is -2.53. The van der Waals surface area contributed by atoms with Crippen LogP contribution in [0.2, 0.25) is 0 Å². The molecular formula is C27H31N3O5S. The predicted octanol–water partition coefficient (Wildman–Crippen LogP) is 3.55. The highest BCUT2D eigenvalue weighted by Gasteiger charge is 2.61. The summed E-state index contributed by atoms with van der Waals surface area (Å²) in [5, 5.41) is 0. The van der Waals surface area contributed by atoms with E-state index in [0.29, 0.717) is 32.2 Å². The topological polar surface area (TPSA) is 71.6 Å². The standard InChI is InChI=1S/C27H31N3O5S/c1-2-15-33-21-9-7-20(8-10-21)30-24(31)18-36-27(30)22-5-3-4-6-23(22)29(25(27)32)19-28-13-11-26(12-14-28)34-16-17-35-26/h3-10H,2,11-19H2,1H3/t27-/m0/s1. The fourth-order valence-corrected chi connectivity index (χ4v) is 6.99. The highest BCUT2D eigenvalue weighted by Crippen LogP contribution is 2.55. The minimum absolute atomic E-state index is 0.0670. The molecule has 0 bridgehead atoms. The smallest absolute Gasteiger partial charge is 0.269 e. The largest absolute Gasteiger partial charge is 0.494 e. The van der Waals surface area contributed by atoms with Crippen molar-refractivity contribution in [1.82, 2.24) is 4.90 Å². The number of hydrogen-bond donors (Lipinski definition) is 0. The highest BCUT2D eigenvalue weighted by molar-refractivity contribution is 8.02. The Kier molecular flexibility index (Phi) is 6.19. The van der Waals surface area contributed by atoms with E-state index in [9.17, 15) is 9.59 Å². The molecule has 0 unspecified atom stereocenters. The van der Waals surface area contributed by atoms with Crippen LogP contribution in [0.4, 0.5) is 11.4 Å². The minimum Gasteiger partial charge on any atom is -0.494 e. The minimum atomic E-state index is -1.10. The Labute approximate surface area is 215 Å². The van der Waals surface area contributed by atoms with Gasteiger partial charge in [0.15, 0.2) is 5.79 Å². The van der Waals surface area contributed by atoms with Crippen molar-refractivity contribution in [2.24, 2.45) is 0 Å². The first kappa shape index (κ1) is 23.8. The SMILES string of the molecule is CCCOc1ccc(N2C(=O)CS[C@@]23C(=O)N(CN2CCC4(CC2)OCCO4)c2ccccc23)cc1. The Balaban J connectivity index is 1.29. The van der Waals surface area contributed by atoms with Crippen LogP contribution in [0.3, 0.4) is 0 Å². The summed E-state index contributed by atoms with van der Waals surface area (Å²) in [4.78, 5) is 32.2. The zero-order chi connectivity index (χ0) is 24.8. The van der Waals surface area contributed by atoms with Gasteiger partial charge in [-0.05, 0) is 36.8 Å². The summed E-state index contributed by atoms with van der Waals surface area (Å²) >= 11 is 1.41. The summed E-state index contributed by atoms with van der Waals surface area (Å²) in [5.41, 5.74) is 2.44. The van der Waals surface area contributed by atoms with Crippen LogP contribution in [0, 0.1) is 0 Å². The third-order valence-corrected chi connectivity index (χ3v) is 8.79. The monoisotopic (exact) mass is 509 g/mol. The number of benzene rings is 2. The normalized spacial score (nSPS) is 25.4. The number of rotatable bonds is 6. The third-order valence-electron chi connectivity index (χ3n) is 7.40. The van der Waals surface area contributed by atoms with Crippen molar-refractivity contribution in [2.75, 3.05) is 55.1 Å². The molecule has 0 aromatic heterocycles. The molecule has 2 aromatic rings. The van der Waals surface area contributed by atoms with Crippen LogP contribution in [0.15, 0.2) is 48.5 Å². The molecule has 4 heterocycles. The maximum Gasteiger partial charge on any atom is 0.269 e. The molecular weight excluding hydrogens is 478 g/mol. The Bertz CT molecular complexity index is 1140. The molecule has 0 N–H and O–H groups in total. The molecule has 3 saturated heterocycles. The van der Waals surface area contributed by atoms with E-state index < -0.39 is 10.7 Å². The van der Waals surface area contributed by atoms with E-state index >= 15 is 0 Å². The van der Waals surface area contributed by atoms with Gasteiger partial charge in [-0.15, -0.1) is 11.8 Å². The van der Waals surface area contributed by atoms with Gasteiger partial charge < -0.3 is 14.2 Å². The van der Waals surface area contributed by atoms with E-state index in [4.69, 9.17) is 14.2 Å². The Morgan fingerprint density at radius 2 is 1.72 bits per heavy atom. The zero-order valence-corrected chi connectivity index (χ0v) is 21.3. The Morgan fingerprint density at radius 1 is 1.00 bits per heavy atom. The molecule has 2 amide bonds. The van der Waals surface area contributed by atoms with Gasteiger partial charge in [0.25, 0.3) is 5.91 Å². The first-order chi connectivity index (χ1) is 17.6. The molecule has 4 aliphatic heterocycles. The lowest BCUT2D eigenvalue weighted by molar-refractivity contribution is -0.185. The van der Waals surface area contributed by atoms with Crippen LogP contribution >= 0.6 is 11.8 Å². The molecule has 0 radical (unpaired) electrons. The number of ether oxygens (including phenoxy) is 3. The van der Waals surface area contributed by atoms with Gasteiger partial charge in [0.1, 0.15) is 5.75 Å². The summed E-state index contributed by atoms with van der Waals surface area (Å²) in [5.74, 6) is 0.416. The summed E-state index contributed by atoms with van der Waals surface area (Å²) in [6.45, 7) is 6.03. The summed E-state index contributed by atoms with van der Waals surface area (Å²) in [6, 6.07) is 15.4. The number of amides is 2. The summed E-state index contributed by atoms with van der Waals surface area (Å²) < 4.78 is 17.5. The first-order valence-corrected chi connectivity index (χ1v) is 13.7. The van der Waals surface area contributed by atoms with Crippen molar-refractivity contribution in [3.05, 3.63) is 54.1 Å². The van der Waals surface area contributed by atoms with Crippen LogP contribution in [0.5, 0.6) is 5.75 Å². The maximum atomic E-state index is 14.3. The number of carbonyl (C=O) groups is 2. The van der Waals surface area contributed by atoms with Crippen LogP contribution in [0.25, 0.3) is 0 Å². The van der Waals surface area contributed by atoms with E-state index in [2.05, 4.69) is 11.8 Å². The van der Waals surface area contributed by atoms with Crippen molar-refractivity contribution >= 4 is 35.0 Å².